The van der Waals surface area contributed by atoms with Crippen molar-refractivity contribution in [1.29, 1.82) is 5.26 Å². The molecule has 1 heterocycles. The van der Waals surface area contributed by atoms with Crippen LogP contribution in [0.1, 0.15) is 23.8 Å². The number of carboxylic acid groups (broad SMARTS) is 1. The Balaban J connectivity index is 3.01. The lowest BCUT2D eigenvalue weighted by Gasteiger charge is -2.20. The Morgan fingerprint density at radius 1 is 1.65 bits per heavy atom. The maximum absolute atomic E-state index is 10.9. The first-order valence-electron chi connectivity index (χ1n) is 5.11. The minimum Gasteiger partial charge on any atom is -0.476 e. The summed E-state index contributed by atoms with van der Waals surface area (Å²) in [5.41, 5.74) is -0.167. The van der Waals surface area contributed by atoms with Crippen molar-refractivity contribution in [2.45, 2.75) is 13.3 Å². The van der Waals surface area contributed by atoms with Crippen LogP contribution in [0.15, 0.2) is 12.1 Å². The van der Waals surface area contributed by atoms with Gasteiger partial charge in [0.25, 0.3) is 0 Å². The molecule has 17 heavy (non-hydrogen) atoms. The Morgan fingerprint density at radius 2 is 2.35 bits per heavy atom. The number of aromatic carboxylic acids is 1. The van der Waals surface area contributed by atoms with Crippen molar-refractivity contribution in [3.63, 3.8) is 0 Å². The van der Waals surface area contributed by atoms with E-state index in [1.807, 2.05) is 17.9 Å². The number of carbonyl (C=O) groups is 1. The Kier molecular flexibility index (Phi) is 4.73. The lowest BCUT2D eigenvalue weighted by molar-refractivity contribution is 0.0691. The van der Waals surface area contributed by atoms with Crippen LogP contribution < -0.4 is 4.90 Å². The van der Waals surface area contributed by atoms with Crippen molar-refractivity contribution in [3.05, 3.63) is 22.8 Å². The highest BCUT2D eigenvalue weighted by Crippen LogP contribution is 2.19. The van der Waals surface area contributed by atoms with E-state index < -0.39 is 5.97 Å². The van der Waals surface area contributed by atoms with Crippen molar-refractivity contribution >= 4 is 23.4 Å². The molecule has 6 heteroatoms. The Bertz CT molecular complexity index is 457. The van der Waals surface area contributed by atoms with Crippen molar-refractivity contribution in [2.75, 3.05) is 18.0 Å². The number of pyridine rings is 1. The number of aromatic nitrogens is 1. The van der Waals surface area contributed by atoms with Crippen LogP contribution in [0.5, 0.6) is 0 Å². The van der Waals surface area contributed by atoms with E-state index in [0.29, 0.717) is 25.3 Å². The zero-order chi connectivity index (χ0) is 12.8. The second-order valence-electron chi connectivity index (χ2n) is 3.29. The number of rotatable bonds is 5. The summed E-state index contributed by atoms with van der Waals surface area (Å²) < 4.78 is 0. The first-order chi connectivity index (χ1) is 8.10. The Hall–Kier alpha value is -1.80. The topological polar surface area (TPSA) is 77.2 Å². The van der Waals surface area contributed by atoms with Gasteiger partial charge in [-0.25, -0.2) is 9.78 Å². The van der Waals surface area contributed by atoms with E-state index in [-0.39, 0.29) is 10.7 Å². The van der Waals surface area contributed by atoms with E-state index >= 15 is 0 Å². The van der Waals surface area contributed by atoms with Gasteiger partial charge in [-0.2, -0.15) is 5.26 Å². The van der Waals surface area contributed by atoms with E-state index in [4.69, 9.17) is 22.0 Å². The first kappa shape index (κ1) is 13.3. The molecule has 5 nitrogen and oxygen atoms in total. The fourth-order valence-electron chi connectivity index (χ4n) is 1.38. The van der Waals surface area contributed by atoms with Crippen LogP contribution in [0.2, 0.25) is 5.02 Å². The molecule has 0 unspecified atom stereocenters. The fraction of sp³-hybridized carbons (Fsp3) is 0.364. The zero-order valence-electron chi connectivity index (χ0n) is 9.35. The zero-order valence-corrected chi connectivity index (χ0v) is 10.1. The molecule has 1 aromatic heterocycles. The summed E-state index contributed by atoms with van der Waals surface area (Å²) in [6.45, 7) is 3.07. The number of halogens is 1. The van der Waals surface area contributed by atoms with Gasteiger partial charge in [0.2, 0.25) is 0 Å². The van der Waals surface area contributed by atoms with Crippen molar-refractivity contribution in [2.24, 2.45) is 0 Å². The van der Waals surface area contributed by atoms with Crippen LogP contribution in [-0.4, -0.2) is 29.1 Å². The van der Waals surface area contributed by atoms with Gasteiger partial charge in [-0.15, -0.1) is 0 Å². The molecule has 90 valence electrons. The first-order valence-corrected chi connectivity index (χ1v) is 5.49. The summed E-state index contributed by atoms with van der Waals surface area (Å²) in [5, 5.41) is 17.5. The standard InChI is InChI=1S/C11H12ClN3O2/c1-2-15(7-3-6-13)9-5-4-8(12)10(14-9)11(16)17/h4-5H,2-3,7H2,1H3,(H,16,17). The number of hydrogen-bond donors (Lipinski definition) is 1. The van der Waals surface area contributed by atoms with Gasteiger partial charge in [0.1, 0.15) is 5.82 Å². The van der Waals surface area contributed by atoms with Gasteiger partial charge in [-0.05, 0) is 19.1 Å². The minimum atomic E-state index is -1.16. The lowest BCUT2D eigenvalue weighted by atomic mass is 10.3. The molecule has 0 amide bonds. The quantitative estimate of drug-likeness (QED) is 0.870. The normalized spacial score (nSPS) is 9.71. The summed E-state index contributed by atoms with van der Waals surface area (Å²) in [5.74, 6) is -0.641. The summed E-state index contributed by atoms with van der Waals surface area (Å²) in [4.78, 5) is 16.7. The number of nitriles is 1. The van der Waals surface area contributed by atoms with E-state index in [9.17, 15) is 4.79 Å². The molecule has 0 saturated heterocycles. The molecule has 1 rings (SSSR count). The predicted octanol–water partition coefficient (Wildman–Crippen LogP) is 2.17. The van der Waals surface area contributed by atoms with E-state index in [2.05, 4.69) is 4.98 Å². The van der Waals surface area contributed by atoms with Gasteiger partial charge in [0, 0.05) is 13.1 Å². The van der Waals surface area contributed by atoms with Crippen LogP contribution in [0.25, 0.3) is 0 Å². The molecule has 0 aliphatic heterocycles. The van der Waals surface area contributed by atoms with E-state index in [1.54, 1.807) is 6.07 Å². The van der Waals surface area contributed by atoms with E-state index in [1.165, 1.54) is 6.07 Å². The smallest absolute Gasteiger partial charge is 0.356 e. The van der Waals surface area contributed by atoms with Crippen LogP contribution in [-0.2, 0) is 0 Å². The third kappa shape index (κ3) is 3.33. The van der Waals surface area contributed by atoms with Crippen molar-refractivity contribution in [3.8, 4) is 6.07 Å². The summed E-state index contributed by atoms with van der Waals surface area (Å²) in [6.07, 6.45) is 0.362. The number of anilines is 1. The Morgan fingerprint density at radius 3 is 2.88 bits per heavy atom. The van der Waals surface area contributed by atoms with Crippen molar-refractivity contribution < 1.29 is 9.90 Å². The molecular weight excluding hydrogens is 242 g/mol. The highest BCUT2D eigenvalue weighted by molar-refractivity contribution is 6.33. The summed E-state index contributed by atoms with van der Waals surface area (Å²) in [7, 11) is 0. The third-order valence-electron chi connectivity index (χ3n) is 2.23. The minimum absolute atomic E-state index is 0.109. The second-order valence-corrected chi connectivity index (χ2v) is 3.70. The van der Waals surface area contributed by atoms with Gasteiger partial charge >= 0.3 is 5.97 Å². The summed E-state index contributed by atoms with van der Waals surface area (Å²) >= 11 is 5.73. The molecule has 0 radical (unpaired) electrons. The number of carboxylic acids is 1. The molecular formula is C11H12ClN3O2. The molecule has 0 saturated carbocycles. The number of hydrogen-bond acceptors (Lipinski definition) is 4. The van der Waals surface area contributed by atoms with Gasteiger partial charge in [-0.3, -0.25) is 0 Å². The average Bonchev–Trinajstić information content (AvgIpc) is 2.31. The fourth-order valence-corrected chi connectivity index (χ4v) is 1.56. The molecule has 1 aromatic rings. The molecule has 0 aromatic carbocycles. The SMILES string of the molecule is CCN(CCC#N)c1ccc(Cl)c(C(=O)O)n1. The molecule has 0 atom stereocenters. The van der Waals surface area contributed by atoms with Crippen LogP contribution in [0, 0.1) is 11.3 Å². The average molecular weight is 254 g/mol. The predicted molar refractivity (Wildman–Crippen MR) is 64.3 cm³/mol. The van der Waals surface area contributed by atoms with Crippen molar-refractivity contribution in [1.82, 2.24) is 4.98 Å². The molecule has 0 bridgehead atoms. The highest BCUT2D eigenvalue weighted by atomic mass is 35.5. The van der Waals surface area contributed by atoms with Crippen LogP contribution in [0.4, 0.5) is 5.82 Å². The lowest BCUT2D eigenvalue weighted by Crippen LogP contribution is -2.25. The Labute approximate surface area is 104 Å². The maximum Gasteiger partial charge on any atom is 0.356 e. The molecule has 0 fully saturated rings. The summed E-state index contributed by atoms with van der Waals surface area (Å²) in [6, 6.07) is 5.19. The molecule has 0 aliphatic rings. The van der Waals surface area contributed by atoms with Crippen LogP contribution in [0.3, 0.4) is 0 Å². The maximum atomic E-state index is 10.9. The van der Waals surface area contributed by atoms with Gasteiger partial charge < -0.3 is 10.0 Å². The molecule has 0 spiro atoms. The van der Waals surface area contributed by atoms with Gasteiger partial charge in [0.15, 0.2) is 5.69 Å². The molecule has 0 aliphatic carbocycles. The third-order valence-corrected chi connectivity index (χ3v) is 2.54. The number of nitrogens with zero attached hydrogens (tertiary/aromatic N) is 3. The highest BCUT2D eigenvalue weighted by Gasteiger charge is 2.14. The largest absolute Gasteiger partial charge is 0.476 e. The molecule has 1 N–H and O–H groups in total. The van der Waals surface area contributed by atoms with Gasteiger partial charge in [-0.1, -0.05) is 11.6 Å². The van der Waals surface area contributed by atoms with Gasteiger partial charge in [0.05, 0.1) is 17.5 Å². The van der Waals surface area contributed by atoms with E-state index in [0.717, 1.165) is 0 Å². The second kappa shape index (κ2) is 6.06. The monoisotopic (exact) mass is 253 g/mol. The van der Waals surface area contributed by atoms with Crippen LogP contribution >= 0.6 is 11.6 Å².